The minimum atomic E-state index is -3.96. The smallest absolute Gasteiger partial charge is 0.293 e. The number of amides is 1. The maximum Gasteiger partial charge on any atom is 0.293 e. The van der Waals surface area contributed by atoms with Crippen LogP contribution in [0.3, 0.4) is 0 Å². The second-order valence-corrected chi connectivity index (χ2v) is 17.4. The van der Waals surface area contributed by atoms with Crippen LogP contribution in [0.1, 0.15) is 53.1 Å². The Morgan fingerprint density at radius 2 is 1.73 bits per heavy atom. The Bertz CT molecular complexity index is 3250. The van der Waals surface area contributed by atoms with Gasteiger partial charge >= 0.3 is 0 Å². The van der Waals surface area contributed by atoms with Crippen LogP contribution in [-0.4, -0.2) is 54.7 Å². The van der Waals surface area contributed by atoms with Crippen LogP contribution in [0.5, 0.6) is 0 Å². The van der Waals surface area contributed by atoms with Crippen molar-refractivity contribution in [1.82, 2.24) is 39.4 Å². The summed E-state index contributed by atoms with van der Waals surface area (Å²) in [5.41, 5.74) is -4.00. The van der Waals surface area contributed by atoms with Crippen molar-refractivity contribution in [3.63, 3.8) is 0 Å². The molecule has 2 aliphatic rings. The molecule has 0 spiro atoms. The van der Waals surface area contributed by atoms with Crippen molar-refractivity contribution in [3.05, 3.63) is 128 Å². The molecular formula is C40H28ClF8N9O4S. The van der Waals surface area contributed by atoms with Crippen molar-refractivity contribution in [3.8, 4) is 16.8 Å². The minimum absolute atomic E-state index is 0.00994. The van der Waals surface area contributed by atoms with E-state index in [0.29, 0.717) is 16.8 Å². The molecule has 0 aliphatic heterocycles. The molecule has 0 saturated heterocycles. The number of anilines is 1. The average molecular weight is 918 g/mol. The molecule has 63 heavy (non-hydrogen) atoms. The van der Waals surface area contributed by atoms with Crippen molar-refractivity contribution in [2.75, 3.05) is 11.0 Å². The lowest BCUT2D eigenvalue weighted by atomic mass is 10.0. The first kappa shape index (κ1) is 41.9. The van der Waals surface area contributed by atoms with Gasteiger partial charge in [-0.2, -0.15) is 19.0 Å². The molecule has 1 fully saturated rings. The van der Waals surface area contributed by atoms with Crippen LogP contribution in [0.2, 0.25) is 5.02 Å². The molecule has 7 aromatic rings. The number of halogens is 9. The first-order valence-electron chi connectivity index (χ1n) is 18.7. The molecular weight excluding hydrogens is 890 g/mol. The van der Waals surface area contributed by atoms with Crippen molar-refractivity contribution in [1.29, 1.82) is 0 Å². The van der Waals surface area contributed by atoms with Gasteiger partial charge in [-0.3, -0.25) is 28.2 Å². The van der Waals surface area contributed by atoms with E-state index in [1.54, 1.807) is 0 Å². The number of fused-ring (bicyclic) bond motifs is 5. The van der Waals surface area contributed by atoms with E-state index in [2.05, 4.69) is 30.2 Å². The van der Waals surface area contributed by atoms with Gasteiger partial charge in [0, 0.05) is 54.4 Å². The van der Waals surface area contributed by atoms with Crippen molar-refractivity contribution >= 4 is 55.3 Å². The molecule has 9 rings (SSSR count). The number of benzene rings is 3. The van der Waals surface area contributed by atoms with Gasteiger partial charge < -0.3 is 5.32 Å². The molecule has 23 heteroatoms. The maximum atomic E-state index is 15.5. The van der Waals surface area contributed by atoms with E-state index in [-0.39, 0.29) is 67.1 Å². The Kier molecular flexibility index (Phi) is 9.88. The lowest BCUT2D eigenvalue weighted by Crippen LogP contribution is -2.38. The van der Waals surface area contributed by atoms with Crippen molar-refractivity contribution in [2.45, 2.75) is 43.7 Å². The molecule has 0 bridgehead atoms. The summed E-state index contributed by atoms with van der Waals surface area (Å²) in [6.45, 7) is -1.06. The number of aromatic nitrogens is 7. The van der Waals surface area contributed by atoms with Gasteiger partial charge in [-0.15, -0.1) is 0 Å². The molecule has 3 atom stereocenters. The summed E-state index contributed by atoms with van der Waals surface area (Å²) >= 11 is 6.58. The third kappa shape index (κ3) is 7.33. The molecule has 3 aromatic carbocycles. The lowest BCUT2D eigenvalue weighted by molar-refractivity contribution is -0.123. The summed E-state index contributed by atoms with van der Waals surface area (Å²) in [6, 6.07) is 7.31. The third-order valence-electron chi connectivity index (χ3n) is 10.9. The molecule has 326 valence electrons. The van der Waals surface area contributed by atoms with Crippen molar-refractivity contribution in [2.24, 2.45) is 13.0 Å². The fourth-order valence-electron chi connectivity index (χ4n) is 8.33. The highest BCUT2D eigenvalue weighted by Gasteiger charge is 2.67. The van der Waals surface area contributed by atoms with Crippen LogP contribution in [-0.2, 0) is 40.8 Å². The normalized spacial score (nSPS) is 17.0. The van der Waals surface area contributed by atoms with E-state index in [1.807, 2.05) is 0 Å². The molecule has 2 aliphatic carbocycles. The number of nitrogens with zero attached hydrogens (tertiary/aromatic N) is 7. The Morgan fingerprint density at radius 1 is 1.00 bits per heavy atom. The second kappa shape index (κ2) is 14.9. The molecule has 13 nitrogen and oxygen atoms in total. The van der Waals surface area contributed by atoms with E-state index >= 15 is 13.2 Å². The number of hydrogen-bond donors (Lipinski definition) is 2. The van der Waals surface area contributed by atoms with Crippen LogP contribution < -0.4 is 15.6 Å². The minimum Gasteiger partial charge on any atom is -0.344 e. The van der Waals surface area contributed by atoms with Gasteiger partial charge in [-0.1, -0.05) is 11.6 Å². The highest BCUT2D eigenvalue weighted by molar-refractivity contribution is 7.92. The van der Waals surface area contributed by atoms with Crippen LogP contribution in [0.4, 0.5) is 40.9 Å². The molecule has 4 aromatic heterocycles. The van der Waals surface area contributed by atoms with Gasteiger partial charge in [-0.05, 0) is 60.4 Å². The van der Waals surface area contributed by atoms with E-state index in [0.717, 1.165) is 41.3 Å². The van der Waals surface area contributed by atoms with Crippen molar-refractivity contribution < 1.29 is 48.3 Å². The summed E-state index contributed by atoms with van der Waals surface area (Å²) in [7, 11) is -2.57. The molecule has 2 unspecified atom stereocenters. The van der Waals surface area contributed by atoms with Gasteiger partial charge in [0.15, 0.2) is 11.3 Å². The molecule has 2 N–H and O–H groups in total. The Morgan fingerprint density at radius 3 is 2.41 bits per heavy atom. The highest BCUT2D eigenvalue weighted by Crippen LogP contribution is 2.68. The zero-order chi connectivity index (χ0) is 45.0. The van der Waals surface area contributed by atoms with Crippen LogP contribution in [0.15, 0.2) is 65.6 Å². The summed E-state index contributed by atoms with van der Waals surface area (Å²) in [4.78, 5) is 37.9. The van der Waals surface area contributed by atoms with Gasteiger partial charge in [-0.25, -0.2) is 44.7 Å². The predicted molar refractivity (Wildman–Crippen MR) is 211 cm³/mol. The first-order chi connectivity index (χ1) is 29.7. The fraction of sp³-hybridized carbons (Fsp3) is 0.250. The third-order valence-corrected chi connectivity index (χ3v) is 11.8. The zero-order valence-electron chi connectivity index (χ0n) is 32.3. The number of carbonyl (C=O) groups excluding carboxylic acids is 1. The van der Waals surface area contributed by atoms with Crippen LogP contribution >= 0.6 is 11.6 Å². The largest absolute Gasteiger partial charge is 0.344 e. The monoisotopic (exact) mass is 917 g/mol. The maximum absolute atomic E-state index is 15.5. The summed E-state index contributed by atoms with van der Waals surface area (Å²) in [5, 5.41) is 10.5. The number of rotatable bonds is 11. The summed E-state index contributed by atoms with van der Waals surface area (Å²) in [5.74, 6) is -11.5. The van der Waals surface area contributed by atoms with E-state index in [4.69, 9.17) is 11.6 Å². The fourth-order valence-corrected chi connectivity index (χ4v) is 9.07. The SMILES string of the molecule is Cn1nc(NS(C)(=O)=O)c2c(Cl)ccc(-n3c([C@H](Cc4cc(F)cc(F)c4)NC(=O)Cn4nc(C(F)F)c5c4C(F)(F)C4CC54)nc4cc(-c5ccc(F)cc5F)cnc4c3=O)c21. The number of carbonyl (C=O) groups is 1. The van der Waals surface area contributed by atoms with E-state index < -0.39 is 105 Å². The molecule has 1 saturated carbocycles. The highest BCUT2D eigenvalue weighted by atomic mass is 35.5. The summed E-state index contributed by atoms with van der Waals surface area (Å²) < 4.78 is 147. The van der Waals surface area contributed by atoms with Gasteiger partial charge in [0.05, 0.1) is 39.4 Å². The Labute approximate surface area is 354 Å². The quantitative estimate of drug-likeness (QED) is 0.128. The average Bonchev–Trinajstić information content (AvgIpc) is 3.72. The number of hydrogen-bond acceptors (Lipinski definition) is 8. The number of alkyl halides is 4. The lowest BCUT2D eigenvalue weighted by Gasteiger charge is -2.24. The molecule has 4 heterocycles. The zero-order valence-corrected chi connectivity index (χ0v) is 33.9. The number of aryl methyl sites for hydroxylation is 1. The number of nitrogens with one attached hydrogen (secondary N) is 2. The molecule has 0 radical (unpaired) electrons. The number of pyridine rings is 1. The second-order valence-electron chi connectivity index (χ2n) is 15.2. The Hall–Kier alpha value is -6.42. The van der Waals surface area contributed by atoms with E-state index in [9.17, 15) is 40.0 Å². The molecule has 1 amide bonds. The van der Waals surface area contributed by atoms with Crippen LogP contribution in [0.25, 0.3) is 38.8 Å². The standard InChI is InChI=1S/C40H28ClF8N9O4S/c1-56-34-28(6-5-24(41)31(34)37(54-56)55-63(2,61)62)58-38(52-26-10-17(14-50-32(26)39(58)60)21-4-3-18(42)12-25(21)45)27(9-16-7-19(43)11-20(44)8-16)51-29(59)15-57-35-30(33(53-57)36(46)47)22-13-23(22)40(35,48)49/h3-8,10-12,14,22-23,27,36H,9,13,15H2,1-2H3,(H,51,59)(H,54,55)/t22?,23?,27-/m0/s1. The van der Waals surface area contributed by atoms with E-state index in [1.165, 1.54) is 29.9 Å². The topological polar surface area (TPSA) is 159 Å². The van der Waals surface area contributed by atoms with Gasteiger partial charge in [0.1, 0.15) is 47.0 Å². The predicted octanol–water partition coefficient (Wildman–Crippen LogP) is 7.36. The first-order valence-corrected chi connectivity index (χ1v) is 21.0. The van der Waals surface area contributed by atoms with Gasteiger partial charge in [0.2, 0.25) is 15.9 Å². The summed E-state index contributed by atoms with van der Waals surface area (Å²) in [6.07, 6.45) is -1.88. The van der Waals surface area contributed by atoms with Crippen LogP contribution in [0, 0.1) is 29.2 Å². The van der Waals surface area contributed by atoms with Gasteiger partial charge in [0.25, 0.3) is 17.9 Å². The Balaban J connectivity index is 1.26. The number of sulfonamides is 1.